The summed E-state index contributed by atoms with van der Waals surface area (Å²) in [5.41, 5.74) is 1.36. The third-order valence-electron chi connectivity index (χ3n) is 3.73. The molecule has 0 radical (unpaired) electrons. The van der Waals surface area contributed by atoms with Crippen LogP contribution in [0.5, 0.6) is 5.75 Å². The van der Waals surface area contributed by atoms with Crippen molar-refractivity contribution in [2.75, 3.05) is 6.54 Å². The lowest BCUT2D eigenvalue weighted by Gasteiger charge is -2.28. The van der Waals surface area contributed by atoms with Gasteiger partial charge in [-0.05, 0) is 49.9 Å². The van der Waals surface area contributed by atoms with E-state index in [2.05, 4.69) is 57.3 Å². The zero-order valence-corrected chi connectivity index (χ0v) is 13.6. The summed E-state index contributed by atoms with van der Waals surface area (Å²) < 4.78 is 6.21. The second kappa shape index (κ2) is 9.82. The Kier molecular flexibility index (Phi) is 8.36. The van der Waals surface area contributed by atoms with E-state index in [-0.39, 0.29) is 6.10 Å². The molecule has 1 aromatic carbocycles. The lowest BCUT2D eigenvalue weighted by molar-refractivity contribution is 0.142. The highest BCUT2D eigenvalue weighted by atomic mass is 16.5. The summed E-state index contributed by atoms with van der Waals surface area (Å²) in [6, 6.07) is 8.98. The average molecular weight is 277 g/mol. The molecule has 1 aromatic rings. The SMILES string of the molecule is CCCNC(CCC)C(CC)Oc1ccc(CC)cc1. The van der Waals surface area contributed by atoms with E-state index in [4.69, 9.17) is 4.74 Å². The van der Waals surface area contributed by atoms with Crippen LogP contribution in [-0.2, 0) is 6.42 Å². The molecule has 0 aromatic heterocycles. The van der Waals surface area contributed by atoms with Crippen LogP contribution in [0.15, 0.2) is 24.3 Å². The highest BCUT2D eigenvalue weighted by molar-refractivity contribution is 5.27. The first-order valence-corrected chi connectivity index (χ1v) is 8.24. The average Bonchev–Trinajstić information content (AvgIpc) is 2.50. The third-order valence-corrected chi connectivity index (χ3v) is 3.73. The second-order valence-electron chi connectivity index (χ2n) is 5.41. The van der Waals surface area contributed by atoms with Crippen molar-refractivity contribution in [2.24, 2.45) is 0 Å². The van der Waals surface area contributed by atoms with Gasteiger partial charge in [0.1, 0.15) is 11.9 Å². The van der Waals surface area contributed by atoms with Gasteiger partial charge < -0.3 is 10.1 Å². The molecule has 1 rings (SSSR count). The largest absolute Gasteiger partial charge is 0.489 e. The predicted octanol–water partition coefficient (Wildman–Crippen LogP) is 4.57. The van der Waals surface area contributed by atoms with Gasteiger partial charge in [0.15, 0.2) is 0 Å². The zero-order valence-electron chi connectivity index (χ0n) is 13.6. The van der Waals surface area contributed by atoms with Gasteiger partial charge in [-0.2, -0.15) is 0 Å². The molecular weight excluding hydrogens is 246 g/mol. The summed E-state index contributed by atoms with van der Waals surface area (Å²) in [7, 11) is 0. The first kappa shape index (κ1) is 17.0. The topological polar surface area (TPSA) is 21.3 Å². The normalized spacial score (nSPS) is 14.0. The molecule has 2 nitrogen and oxygen atoms in total. The summed E-state index contributed by atoms with van der Waals surface area (Å²) in [5.74, 6) is 0.994. The molecule has 0 fully saturated rings. The molecule has 20 heavy (non-hydrogen) atoms. The molecule has 0 saturated carbocycles. The van der Waals surface area contributed by atoms with Crippen LogP contribution in [0.25, 0.3) is 0 Å². The first-order chi connectivity index (χ1) is 9.74. The fraction of sp³-hybridized carbons (Fsp3) is 0.667. The van der Waals surface area contributed by atoms with E-state index in [0.29, 0.717) is 6.04 Å². The summed E-state index contributed by atoms with van der Waals surface area (Å²) in [4.78, 5) is 0. The van der Waals surface area contributed by atoms with Crippen LogP contribution in [0.1, 0.15) is 58.9 Å². The minimum Gasteiger partial charge on any atom is -0.489 e. The molecule has 0 aliphatic rings. The molecule has 1 N–H and O–H groups in total. The summed E-state index contributed by atoms with van der Waals surface area (Å²) in [6.07, 6.45) is 5.91. The zero-order chi connectivity index (χ0) is 14.8. The second-order valence-corrected chi connectivity index (χ2v) is 5.41. The van der Waals surface area contributed by atoms with Crippen molar-refractivity contribution in [3.8, 4) is 5.75 Å². The predicted molar refractivity (Wildman–Crippen MR) is 87.5 cm³/mol. The number of benzene rings is 1. The maximum absolute atomic E-state index is 6.21. The van der Waals surface area contributed by atoms with E-state index in [1.807, 2.05) is 0 Å². The van der Waals surface area contributed by atoms with Crippen molar-refractivity contribution >= 4 is 0 Å². The lowest BCUT2D eigenvalue weighted by Crippen LogP contribution is -2.43. The Morgan fingerprint density at radius 3 is 2.20 bits per heavy atom. The van der Waals surface area contributed by atoms with Crippen molar-refractivity contribution in [3.05, 3.63) is 29.8 Å². The van der Waals surface area contributed by atoms with Crippen LogP contribution >= 0.6 is 0 Å². The van der Waals surface area contributed by atoms with Crippen molar-refractivity contribution in [3.63, 3.8) is 0 Å². The van der Waals surface area contributed by atoms with Gasteiger partial charge in [-0.15, -0.1) is 0 Å². The lowest BCUT2D eigenvalue weighted by atomic mass is 10.0. The standard InChI is InChI=1S/C18H31NO/c1-5-9-17(19-14-6-2)18(8-4)20-16-12-10-15(7-3)11-13-16/h10-13,17-19H,5-9,14H2,1-4H3. The molecule has 114 valence electrons. The van der Waals surface area contributed by atoms with E-state index in [0.717, 1.165) is 25.1 Å². The van der Waals surface area contributed by atoms with Gasteiger partial charge >= 0.3 is 0 Å². The first-order valence-electron chi connectivity index (χ1n) is 8.24. The Bertz CT molecular complexity index is 347. The van der Waals surface area contributed by atoms with Gasteiger partial charge in [0.2, 0.25) is 0 Å². The van der Waals surface area contributed by atoms with Crippen LogP contribution in [0.4, 0.5) is 0 Å². The summed E-state index contributed by atoms with van der Waals surface area (Å²) in [5, 5.41) is 3.64. The number of rotatable bonds is 10. The molecule has 0 aliphatic heterocycles. The molecule has 0 saturated heterocycles. The molecule has 0 bridgehead atoms. The molecule has 2 atom stereocenters. The summed E-state index contributed by atoms with van der Waals surface area (Å²) in [6.45, 7) is 9.90. The molecule has 0 aliphatic carbocycles. The van der Waals surface area contributed by atoms with E-state index in [1.165, 1.54) is 24.8 Å². The van der Waals surface area contributed by atoms with E-state index in [1.54, 1.807) is 0 Å². The minimum atomic E-state index is 0.258. The molecule has 2 unspecified atom stereocenters. The number of hydrogen-bond acceptors (Lipinski definition) is 2. The molecule has 0 amide bonds. The number of nitrogens with one attached hydrogen (secondary N) is 1. The van der Waals surface area contributed by atoms with Gasteiger partial charge in [0.05, 0.1) is 0 Å². The maximum Gasteiger partial charge on any atom is 0.119 e. The fourth-order valence-corrected chi connectivity index (χ4v) is 2.49. The summed E-state index contributed by atoms with van der Waals surface area (Å²) >= 11 is 0. The van der Waals surface area contributed by atoms with Crippen molar-refractivity contribution in [1.82, 2.24) is 5.32 Å². The van der Waals surface area contributed by atoms with Crippen LogP contribution < -0.4 is 10.1 Å². The van der Waals surface area contributed by atoms with Crippen LogP contribution in [0.3, 0.4) is 0 Å². The van der Waals surface area contributed by atoms with Crippen LogP contribution in [0, 0.1) is 0 Å². The number of aryl methyl sites for hydroxylation is 1. The van der Waals surface area contributed by atoms with Gasteiger partial charge in [-0.3, -0.25) is 0 Å². The van der Waals surface area contributed by atoms with Crippen molar-refractivity contribution < 1.29 is 4.74 Å². The van der Waals surface area contributed by atoms with Crippen LogP contribution in [-0.4, -0.2) is 18.7 Å². The van der Waals surface area contributed by atoms with Gasteiger partial charge in [0.25, 0.3) is 0 Å². The van der Waals surface area contributed by atoms with E-state index < -0.39 is 0 Å². The Balaban J connectivity index is 2.65. The Morgan fingerprint density at radius 1 is 1.00 bits per heavy atom. The third kappa shape index (κ3) is 5.54. The van der Waals surface area contributed by atoms with Gasteiger partial charge in [-0.1, -0.05) is 46.2 Å². The van der Waals surface area contributed by atoms with Crippen molar-refractivity contribution in [1.29, 1.82) is 0 Å². The monoisotopic (exact) mass is 277 g/mol. The van der Waals surface area contributed by atoms with E-state index in [9.17, 15) is 0 Å². The minimum absolute atomic E-state index is 0.258. The highest BCUT2D eigenvalue weighted by Gasteiger charge is 2.20. The molecular formula is C18H31NO. The molecule has 0 spiro atoms. The van der Waals surface area contributed by atoms with E-state index >= 15 is 0 Å². The highest BCUT2D eigenvalue weighted by Crippen LogP contribution is 2.18. The van der Waals surface area contributed by atoms with Gasteiger partial charge in [0, 0.05) is 6.04 Å². The van der Waals surface area contributed by atoms with Crippen molar-refractivity contribution in [2.45, 2.75) is 71.9 Å². The van der Waals surface area contributed by atoms with Gasteiger partial charge in [-0.25, -0.2) is 0 Å². The molecule has 0 heterocycles. The Labute approximate surface area is 124 Å². The Hall–Kier alpha value is -1.02. The fourth-order valence-electron chi connectivity index (χ4n) is 2.49. The smallest absolute Gasteiger partial charge is 0.119 e. The van der Waals surface area contributed by atoms with Crippen LogP contribution in [0.2, 0.25) is 0 Å². The maximum atomic E-state index is 6.21. The Morgan fingerprint density at radius 2 is 1.70 bits per heavy atom. The molecule has 2 heteroatoms. The number of hydrogen-bond donors (Lipinski definition) is 1. The quantitative estimate of drug-likeness (QED) is 0.676. The number of ether oxygens (including phenoxy) is 1.